The van der Waals surface area contributed by atoms with Gasteiger partial charge < -0.3 is 10.0 Å². The number of benzene rings is 1. The number of hydrogen-bond acceptors (Lipinski definition) is 2. The molecule has 0 amide bonds. The Bertz CT molecular complexity index is 288. The third kappa shape index (κ3) is 3.66. The van der Waals surface area contributed by atoms with Crippen molar-refractivity contribution in [3.63, 3.8) is 0 Å². The van der Waals surface area contributed by atoms with Crippen molar-refractivity contribution >= 4 is 11.6 Å². The molecule has 0 radical (unpaired) electrons. The van der Waals surface area contributed by atoms with E-state index < -0.39 is 0 Å². The molecule has 0 fully saturated rings. The monoisotopic (exact) mass is 213 g/mol. The molecule has 1 aromatic carbocycles. The van der Waals surface area contributed by atoms with Crippen LogP contribution in [0.4, 0.5) is 0 Å². The molecule has 1 atom stereocenters. The van der Waals surface area contributed by atoms with Crippen molar-refractivity contribution in [1.82, 2.24) is 4.90 Å². The summed E-state index contributed by atoms with van der Waals surface area (Å²) in [5, 5.41) is 10.4. The van der Waals surface area contributed by atoms with Gasteiger partial charge in [-0.3, -0.25) is 0 Å². The van der Waals surface area contributed by atoms with Gasteiger partial charge in [-0.25, -0.2) is 0 Å². The van der Waals surface area contributed by atoms with Crippen molar-refractivity contribution in [2.45, 2.75) is 12.5 Å². The highest BCUT2D eigenvalue weighted by Gasteiger charge is 2.08. The van der Waals surface area contributed by atoms with E-state index in [0.717, 1.165) is 10.6 Å². The fraction of sp³-hybridized carbons (Fsp3) is 0.455. The zero-order valence-electron chi connectivity index (χ0n) is 8.57. The Morgan fingerprint density at radius 2 is 2.00 bits per heavy atom. The van der Waals surface area contributed by atoms with E-state index in [1.54, 1.807) is 0 Å². The van der Waals surface area contributed by atoms with E-state index >= 15 is 0 Å². The Labute approximate surface area is 90.1 Å². The van der Waals surface area contributed by atoms with Gasteiger partial charge in [-0.2, -0.15) is 0 Å². The van der Waals surface area contributed by atoms with Gasteiger partial charge in [-0.1, -0.05) is 29.8 Å². The standard InChI is InChI=1S/C11H16ClNO/c1-13(2)8-10(14)7-9-5-3-4-6-11(9)12/h3-6,10,14H,7-8H2,1-2H3. The molecule has 0 aromatic heterocycles. The van der Waals surface area contributed by atoms with Crippen LogP contribution in [0.1, 0.15) is 5.56 Å². The van der Waals surface area contributed by atoms with Crippen LogP contribution in [0.3, 0.4) is 0 Å². The first-order valence-electron chi connectivity index (χ1n) is 4.66. The van der Waals surface area contributed by atoms with Crippen LogP contribution in [0.5, 0.6) is 0 Å². The number of nitrogens with zero attached hydrogens (tertiary/aromatic N) is 1. The van der Waals surface area contributed by atoms with Crippen LogP contribution in [0.2, 0.25) is 5.02 Å². The second-order valence-corrected chi connectivity index (χ2v) is 4.12. The van der Waals surface area contributed by atoms with Gasteiger partial charge in [0, 0.05) is 18.0 Å². The molecule has 78 valence electrons. The molecule has 0 heterocycles. The zero-order chi connectivity index (χ0) is 10.6. The first-order chi connectivity index (χ1) is 6.59. The van der Waals surface area contributed by atoms with Crippen LogP contribution in [0.15, 0.2) is 24.3 Å². The summed E-state index contributed by atoms with van der Waals surface area (Å²) in [6, 6.07) is 7.62. The number of hydrogen-bond donors (Lipinski definition) is 1. The lowest BCUT2D eigenvalue weighted by Gasteiger charge is -2.16. The second-order valence-electron chi connectivity index (χ2n) is 3.71. The highest BCUT2D eigenvalue weighted by molar-refractivity contribution is 6.31. The molecule has 1 aromatic rings. The van der Waals surface area contributed by atoms with Gasteiger partial charge in [0.15, 0.2) is 0 Å². The van der Waals surface area contributed by atoms with Crippen molar-refractivity contribution in [3.05, 3.63) is 34.9 Å². The average Bonchev–Trinajstić information content (AvgIpc) is 2.07. The minimum absolute atomic E-state index is 0.357. The van der Waals surface area contributed by atoms with E-state index in [-0.39, 0.29) is 6.10 Å². The third-order valence-corrected chi connectivity index (χ3v) is 2.36. The predicted molar refractivity (Wildman–Crippen MR) is 59.7 cm³/mol. The average molecular weight is 214 g/mol. The lowest BCUT2D eigenvalue weighted by atomic mass is 10.1. The Morgan fingerprint density at radius 3 is 2.57 bits per heavy atom. The van der Waals surface area contributed by atoms with Crippen LogP contribution >= 0.6 is 11.6 Å². The van der Waals surface area contributed by atoms with Crippen LogP contribution < -0.4 is 0 Å². The fourth-order valence-electron chi connectivity index (χ4n) is 1.40. The second kappa shape index (κ2) is 5.35. The SMILES string of the molecule is CN(C)CC(O)Cc1ccccc1Cl. The minimum atomic E-state index is -0.357. The van der Waals surface area contributed by atoms with Crippen LogP contribution in [-0.2, 0) is 6.42 Å². The molecule has 0 bridgehead atoms. The van der Waals surface area contributed by atoms with E-state index in [0.29, 0.717) is 13.0 Å². The highest BCUT2D eigenvalue weighted by atomic mass is 35.5. The number of halogens is 1. The van der Waals surface area contributed by atoms with Crippen LogP contribution in [0, 0.1) is 0 Å². The van der Waals surface area contributed by atoms with Gasteiger partial charge in [0.25, 0.3) is 0 Å². The maximum atomic E-state index is 9.70. The van der Waals surface area contributed by atoms with Gasteiger partial charge in [-0.15, -0.1) is 0 Å². The number of aliphatic hydroxyl groups is 1. The van der Waals surface area contributed by atoms with Crippen molar-refractivity contribution < 1.29 is 5.11 Å². The van der Waals surface area contributed by atoms with Crippen molar-refractivity contribution in [2.24, 2.45) is 0 Å². The van der Waals surface area contributed by atoms with Crippen LogP contribution in [0.25, 0.3) is 0 Å². The van der Waals surface area contributed by atoms with Gasteiger partial charge >= 0.3 is 0 Å². The third-order valence-electron chi connectivity index (χ3n) is 1.99. The number of likely N-dealkylation sites (N-methyl/N-ethyl adjacent to an activating group) is 1. The molecule has 0 saturated heterocycles. The molecule has 14 heavy (non-hydrogen) atoms. The molecule has 2 nitrogen and oxygen atoms in total. The smallest absolute Gasteiger partial charge is 0.0707 e. The van der Waals surface area contributed by atoms with E-state index in [1.165, 1.54) is 0 Å². The topological polar surface area (TPSA) is 23.5 Å². The lowest BCUT2D eigenvalue weighted by Crippen LogP contribution is -2.27. The molecule has 0 spiro atoms. The first kappa shape index (κ1) is 11.5. The minimum Gasteiger partial charge on any atom is -0.391 e. The quantitative estimate of drug-likeness (QED) is 0.825. The van der Waals surface area contributed by atoms with E-state index in [2.05, 4.69) is 0 Å². The molecular weight excluding hydrogens is 198 g/mol. The molecule has 1 unspecified atom stereocenters. The van der Waals surface area contributed by atoms with Gasteiger partial charge in [0.2, 0.25) is 0 Å². The maximum Gasteiger partial charge on any atom is 0.0707 e. The summed E-state index contributed by atoms with van der Waals surface area (Å²) in [6.07, 6.45) is 0.252. The summed E-state index contributed by atoms with van der Waals surface area (Å²) < 4.78 is 0. The van der Waals surface area contributed by atoms with Crippen molar-refractivity contribution in [3.8, 4) is 0 Å². The van der Waals surface area contributed by atoms with Crippen molar-refractivity contribution in [2.75, 3.05) is 20.6 Å². The largest absolute Gasteiger partial charge is 0.391 e. The zero-order valence-corrected chi connectivity index (χ0v) is 9.33. The molecule has 0 aliphatic carbocycles. The summed E-state index contributed by atoms with van der Waals surface area (Å²) >= 11 is 5.98. The Morgan fingerprint density at radius 1 is 1.36 bits per heavy atom. The first-order valence-corrected chi connectivity index (χ1v) is 5.03. The van der Waals surface area contributed by atoms with Crippen LogP contribution in [-0.4, -0.2) is 36.8 Å². The number of aliphatic hydroxyl groups excluding tert-OH is 1. The van der Waals surface area contributed by atoms with Gasteiger partial charge in [0.05, 0.1) is 6.10 Å². The van der Waals surface area contributed by atoms with E-state index in [9.17, 15) is 5.11 Å². The molecule has 0 aliphatic rings. The summed E-state index contributed by atoms with van der Waals surface area (Å²) in [5.74, 6) is 0. The molecular formula is C11H16ClNO. The van der Waals surface area contributed by atoms with Gasteiger partial charge in [-0.05, 0) is 25.7 Å². The van der Waals surface area contributed by atoms with Crippen molar-refractivity contribution in [1.29, 1.82) is 0 Å². The Hall–Kier alpha value is -0.570. The molecule has 0 saturated carbocycles. The van der Waals surface area contributed by atoms with E-state index in [4.69, 9.17) is 11.6 Å². The summed E-state index contributed by atoms with van der Waals surface area (Å²) in [6.45, 7) is 0.658. The highest BCUT2D eigenvalue weighted by Crippen LogP contribution is 2.16. The summed E-state index contributed by atoms with van der Waals surface area (Å²) in [7, 11) is 3.88. The molecule has 0 aliphatic heterocycles. The number of rotatable bonds is 4. The molecule has 3 heteroatoms. The van der Waals surface area contributed by atoms with E-state index in [1.807, 2.05) is 43.3 Å². The molecule has 1 N–H and O–H groups in total. The lowest BCUT2D eigenvalue weighted by molar-refractivity contribution is 0.137. The van der Waals surface area contributed by atoms with Gasteiger partial charge in [0.1, 0.15) is 0 Å². The summed E-state index contributed by atoms with van der Waals surface area (Å²) in [5.41, 5.74) is 1.00. The summed E-state index contributed by atoms with van der Waals surface area (Å²) in [4.78, 5) is 1.96. The Balaban J connectivity index is 2.56. The normalized spacial score (nSPS) is 13.2. The predicted octanol–water partition coefficient (Wildman–Crippen LogP) is 1.80. The Kier molecular flexibility index (Phi) is 4.39. The molecule has 1 rings (SSSR count). The fourth-order valence-corrected chi connectivity index (χ4v) is 1.62. The maximum absolute atomic E-state index is 9.70.